The average Bonchev–Trinajstić information content (AvgIpc) is 2.75. The normalized spacial score (nSPS) is 13.3. The molecule has 0 radical (unpaired) electrons. The van der Waals surface area contributed by atoms with Crippen LogP contribution < -0.4 is 20.5 Å². The monoisotopic (exact) mass is 628 g/mol. The molecule has 15 heteroatoms. The van der Waals surface area contributed by atoms with Crippen LogP contribution in [0.15, 0.2) is 48.5 Å². The number of nitrogens with two attached hydrogens (primary N) is 1. The smallest absolute Gasteiger partial charge is 0.481 e. The summed E-state index contributed by atoms with van der Waals surface area (Å²) in [5.41, 5.74) is 4.36. The van der Waals surface area contributed by atoms with E-state index in [1.807, 2.05) is 0 Å². The van der Waals surface area contributed by atoms with Crippen molar-refractivity contribution in [1.29, 1.82) is 0 Å². The van der Waals surface area contributed by atoms with Gasteiger partial charge in [-0.15, -0.1) is 26.3 Å². The van der Waals surface area contributed by atoms with Crippen LogP contribution in [0.25, 0.3) is 0 Å². The van der Waals surface area contributed by atoms with Crippen LogP contribution in [0.5, 0.6) is 11.5 Å². The number of halogens is 6. The molecule has 2 atom stereocenters. The number of aliphatic hydroxyl groups is 2. The van der Waals surface area contributed by atoms with Gasteiger partial charge in [-0.1, -0.05) is 24.3 Å². The van der Waals surface area contributed by atoms with Gasteiger partial charge in [-0.3, -0.25) is 9.59 Å². The predicted molar refractivity (Wildman–Crippen MR) is 145 cm³/mol. The molecule has 2 aromatic rings. The molecule has 2 rings (SSSR count). The van der Waals surface area contributed by atoms with Gasteiger partial charge in [0.05, 0.1) is 30.1 Å². The Morgan fingerprint density at radius 1 is 0.791 bits per heavy atom. The number of carbonyl (C=O) groups is 2. The quantitative estimate of drug-likeness (QED) is 0.220. The number of benzene rings is 2. The first kappa shape index (κ1) is 39.4. The minimum Gasteiger partial charge on any atom is -0.481 e. The van der Waals surface area contributed by atoms with Gasteiger partial charge in [-0.2, -0.15) is 0 Å². The molecule has 0 spiro atoms. The summed E-state index contributed by atoms with van der Waals surface area (Å²) in [6, 6.07) is 10.2. The molecule has 43 heavy (non-hydrogen) atoms. The van der Waals surface area contributed by atoms with Crippen molar-refractivity contribution in [3.63, 3.8) is 0 Å². The van der Waals surface area contributed by atoms with E-state index in [1.54, 1.807) is 26.0 Å². The average molecular weight is 629 g/mol. The molecule has 0 heterocycles. The summed E-state index contributed by atoms with van der Waals surface area (Å²) in [5.74, 6) is -1.95. The molecule has 0 aliphatic rings. The van der Waals surface area contributed by atoms with Gasteiger partial charge in [0.2, 0.25) is 5.91 Å². The number of nitrogens with one attached hydrogen (secondary N) is 1. The van der Waals surface area contributed by atoms with Crippen LogP contribution in [-0.2, 0) is 9.59 Å². The maximum absolute atomic E-state index is 12.2. The van der Waals surface area contributed by atoms with E-state index < -0.39 is 41.8 Å². The Morgan fingerprint density at radius 2 is 1.19 bits per heavy atom. The molecule has 6 N–H and O–H groups in total. The summed E-state index contributed by atoms with van der Waals surface area (Å²) in [7, 11) is 0. The van der Waals surface area contributed by atoms with E-state index in [0.717, 1.165) is 0 Å². The summed E-state index contributed by atoms with van der Waals surface area (Å²) in [6.45, 7) is 9.23. The van der Waals surface area contributed by atoms with Gasteiger partial charge in [0.1, 0.15) is 11.5 Å². The maximum Gasteiger partial charge on any atom is 0.573 e. The lowest BCUT2D eigenvalue weighted by Gasteiger charge is -2.20. The van der Waals surface area contributed by atoms with Crippen LogP contribution in [0.4, 0.5) is 26.3 Å². The number of amides is 1. The lowest BCUT2D eigenvalue weighted by atomic mass is 10.0. The molecular weight excluding hydrogens is 590 g/mol. The van der Waals surface area contributed by atoms with Gasteiger partial charge in [0.25, 0.3) is 0 Å². The molecule has 0 saturated heterocycles. The molecule has 0 aliphatic carbocycles. The van der Waals surface area contributed by atoms with E-state index in [1.165, 1.54) is 64.1 Å². The molecule has 9 nitrogen and oxygen atoms in total. The highest BCUT2D eigenvalue weighted by Crippen LogP contribution is 2.26. The number of ether oxygens (including phenoxy) is 2. The summed E-state index contributed by atoms with van der Waals surface area (Å²) in [5, 5.41) is 29.0. The third kappa shape index (κ3) is 21.8. The fourth-order valence-electron chi connectivity index (χ4n) is 3.11. The fourth-order valence-corrected chi connectivity index (χ4v) is 3.11. The molecule has 0 aromatic heterocycles. The van der Waals surface area contributed by atoms with E-state index in [-0.39, 0.29) is 30.4 Å². The predicted octanol–water partition coefficient (Wildman–Crippen LogP) is 5.76. The second-order valence-corrected chi connectivity index (χ2v) is 10.7. The van der Waals surface area contributed by atoms with Crippen molar-refractivity contribution in [3.05, 3.63) is 59.7 Å². The summed E-state index contributed by atoms with van der Waals surface area (Å²) < 4.78 is 79.5. The fraction of sp³-hybridized carbons (Fsp3) is 0.500. The summed E-state index contributed by atoms with van der Waals surface area (Å²) in [6.07, 6.45) is -9.72. The van der Waals surface area contributed by atoms with Crippen molar-refractivity contribution in [2.45, 2.75) is 90.4 Å². The van der Waals surface area contributed by atoms with Crippen molar-refractivity contribution in [1.82, 2.24) is 5.32 Å². The van der Waals surface area contributed by atoms with Crippen LogP contribution in [-0.4, -0.2) is 51.1 Å². The standard InChI is InChI=1S/C14H18F3NO3.C9H10F3NO.C5H10O3/c1-9(18-12(19)8-13(2,3)20)10-5-4-6-11(7-10)21-14(15,16)17;1-6(13)7-3-2-4-8(5-7)14-9(10,11)12;1-5(2,8)3-4(6)7/h4-7,9,20H,8H2,1-3H3,(H,18,19);2-6H,13H2,1H3;8H,3H2,1-2H3,(H,6,7)/t9-;6-;/m00./s1. The number of hydrogen-bond donors (Lipinski definition) is 5. The summed E-state index contributed by atoms with van der Waals surface area (Å²) in [4.78, 5) is 21.5. The summed E-state index contributed by atoms with van der Waals surface area (Å²) >= 11 is 0. The largest absolute Gasteiger partial charge is 0.573 e. The molecule has 0 saturated carbocycles. The molecular formula is C28H38F6N2O7. The van der Waals surface area contributed by atoms with E-state index in [0.29, 0.717) is 11.1 Å². The van der Waals surface area contributed by atoms with Crippen molar-refractivity contribution in [2.75, 3.05) is 0 Å². The van der Waals surface area contributed by atoms with Crippen LogP contribution in [0.2, 0.25) is 0 Å². The van der Waals surface area contributed by atoms with Crippen LogP contribution in [0, 0.1) is 0 Å². The van der Waals surface area contributed by atoms with Crippen molar-refractivity contribution in [3.8, 4) is 11.5 Å². The van der Waals surface area contributed by atoms with Crippen LogP contribution >= 0.6 is 0 Å². The van der Waals surface area contributed by atoms with Gasteiger partial charge >= 0.3 is 18.7 Å². The van der Waals surface area contributed by atoms with Gasteiger partial charge in [0, 0.05) is 6.04 Å². The number of carboxylic acid groups (broad SMARTS) is 1. The van der Waals surface area contributed by atoms with Crippen LogP contribution in [0.3, 0.4) is 0 Å². The number of carbonyl (C=O) groups excluding carboxylic acids is 1. The lowest BCUT2D eigenvalue weighted by Crippen LogP contribution is -2.33. The number of alkyl halides is 6. The number of rotatable bonds is 9. The highest BCUT2D eigenvalue weighted by atomic mass is 19.4. The Morgan fingerprint density at radius 3 is 1.51 bits per heavy atom. The minimum absolute atomic E-state index is 0.101. The van der Waals surface area contributed by atoms with Crippen LogP contribution in [0.1, 0.15) is 77.6 Å². The Balaban J connectivity index is 0.000000688. The Kier molecular flexibility index (Phi) is 15.0. The zero-order valence-electron chi connectivity index (χ0n) is 24.5. The molecule has 0 fully saturated rings. The molecule has 0 aliphatic heterocycles. The lowest BCUT2D eigenvalue weighted by molar-refractivity contribution is -0.275. The first-order valence-corrected chi connectivity index (χ1v) is 12.7. The Hall–Kier alpha value is -3.56. The SMILES string of the molecule is CC(C)(O)CC(=O)O.C[C@H](N)c1cccc(OC(F)(F)F)c1.C[C@H](NC(=O)CC(C)(C)O)c1cccc(OC(F)(F)F)c1. The second-order valence-electron chi connectivity index (χ2n) is 10.7. The van der Waals surface area contributed by atoms with Crippen molar-refractivity contribution < 1.29 is 60.7 Å². The van der Waals surface area contributed by atoms with Crippen molar-refractivity contribution in [2.24, 2.45) is 5.73 Å². The Bertz CT molecular complexity index is 1160. The third-order valence-electron chi connectivity index (χ3n) is 4.76. The van der Waals surface area contributed by atoms with Gasteiger partial charge in [-0.25, -0.2) is 0 Å². The Labute approximate surface area is 245 Å². The second kappa shape index (κ2) is 16.3. The third-order valence-corrected chi connectivity index (χ3v) is 4.76. The first-order valence-electron chi connectivity index (χ1n) is 12.7. The molecule has 2 aromatic carbocycles. The van der Waals surface area contributed by atoms with Gasteiger partial charge in [0.15, 0.2) is 0 Å². The zero-order valence-corrected chi connectivity index (χ0v) is 24.5. The molecule has 0 bridgehead atoms. The molecule has 0 unspecified atom stereocenters. The highest BCUT2D eigenvalue weighted by Gasteiger charge is 2.32. The van der Waals surface area contributed by atoms with Crippen molar-refractivity contribution >= 4 is 11.9 Å². The van der Waals surface area contributed by atoms with Gasteiger partial charge in [-0.05, 0) is 76.9 Å². The number of hydrogen-bond acceptors (Lipinski definition) is 7. The molecule has 1 amide bonds. The molecule has 244 valence electrons. The van der Waals surface area contributed by atoms with E-state index in [4.69, 9.17) is 15.9 Å². The number of aliphatic carboxylic acids is 1. The van der Waals surface area contributed by atoms with E-state index >= 15 is 0 Å². The van der Waals surface area contributed by atoms with E-state index in [2.05, 4.69) is 14.8 Å². The zero-order chi connectivity index (χ0) is 33.8. The maximum atomic E-state index is 12.2. The topological polar surface area (TPSA) is 151 Å². The van der Waals surface area contributed by atoms with E-state index in [9.17, 15) is 41.0 Å². The first-order chi connectivity index (χ1) is 19.3. The minimum atomic E-state index is -4.76. The van der Waals surface area contributed by atoms with Gasteiger partial charge < -0.3 is 35.8 Å². The number of carboxylic acids is 1. The highest BCUT2D eigenvalue weighted by molar-refractivity contribution is 5.77.